The summed E-state index contributed by atoms with van der Waals surface area (Å²) in [5, 5.41) is 13.3. The van der Waals surface area contributed by atoms with Gasteiger partial charge in [0.2, 0.25) is 5.91 Å². The number of hydrogen-bond donors (Lipinski definition) is 1. The van der Waals surface area contributed by atoms with Crippen LogP contribution in [0.1, 0.15) is 38.3 Å². The standard InChI is InChI=1S/C30H29NO6S/c1-4-26(32)31-29-27(30(34)36-6-3)28(33)25(38-29)17-19-12-14-23(24(16-19)35-5-2)37-18-20-11-13-21-9-7-8-10-22(21)15-20/h7-17,33H,4-6,18H2,1-3H3/b25-17-,31-29?. The van der Waals surface area contributed by atoms with E-state index in [9.17, 15) is 14.7 Å². The first-order valence-electron chi connectivity index (χ1n) is 12.4. The minimum atomic E-state index is -0.726. The zero-order valence-electron chi connectivity index (χ0n) is 21.5. The summed E-state index contributed by atoms with van der Waals surface area (Å²) in [6.07, 6.45) is 1.88. The normalized spacial score (nSPS) is 15.3. The van der Waals surface area contributed by atoms with Gasteiger partial charge < -0.3 is 19.3 Å². The Hall–Kier alpha value is -4.04. The molecule has 1 amide bonds. The Morgan fingerprint density at radius 2 is 1.71 bits per heavy atom. The summed E-state index contributed by atoms with van der Waals surface area (Å²) in [4.78, 5) is 28.8. The molecule has 1 heterocycles. The van der Waals surface area contributed by atoms with E-state index in [4.69, 9.17) is 14.2 Å². The topological polar surface area (TPSA) is 94.4 Å². The summed E-state index contributed by atoms with van der Waals surface area (Å²) in [6.45, 7) is 6.18. The smallest absolute Gasteiger partial charge is 0.344 e. The maximum atomic E-state index is 12.5. The molecule has 0 aliphatic carbocycles. The van der Waals surface area contributed by atoms with E-state index in [1.807, 2.05) is 31.2 Å². The molecule has 0 atom stereocenters. The van der Waals surface area contributed by atoms with Gasteiger partial charge in [0.15, 0.2) is 11.5 Å². The first-order valence-corrected chi connectivity index (χ1v) is 13.2. The van der Waals surface area contributed by atoms with Crippen molar-refractivity contribution in [1.82, 2.24) is 0 Å². The number of fused-ring (bicyclic) bond motifs is 1. The van der Waals surface area contributed by atoms with Crippen LogP contribution in [0.2, 0.25) is 0 Å². The maximum absolute atomic E-state index is 12.5. The number of esters is 1. The Balaban J connectivity index is 1.59. The SMILES string of the molecule is CCOC(=O)C1=C(O)/C(=C/c2ccc(OCc3ccc4ccccc4c3)c(OCC)c2)SC1=NC(=O)CC. The number of ether oxygens (including phenoxy) is 3. The van der Waals surface area contributed by atoms with Gasteiger partial charge in [-0.05, 0) is 60.0 Å². The zero-order chi connectivity index (χ0) is 27.1. The van der Waals surface area contributed by atoms with Crippen LogP contribution in [0.4, 0.5) is 0 Å². The van der Waals surface area contributed by atoms with E-state index in [-0.39, 0.29) is 29.4 Å². The first kappa shape index (κ1) is 27.0. The summed E-state index contributed by atoms with van der Waals surface area (Å²) < 4.78 is 17.0. The molecular formula is C30H29NO6S. The Bertz CT molecular complexity index is 1460. The summed E-state index contributed by atoms with van der Waals surface area (Å²) >= 11 is 1.04. The van der Waals surface area contributed by atoms with Gasteiger partial charge in [0.05, 0.1) is 18.1 Å². The number of carbonyl (C=O) groups is 2. The third-order valence-electron chi connectivity index (χ3n) is 5.67. The predicted octanol–water partition coefficient (Wildman–Crippen LogP) is 6.62. The predicted molar refractivity (Wildman–Crippen MR) is 150 cm³/mol. The molecule has 3 aromatic carbocycles. The molecule has 8 heteroatoms. The van der Waals surface area contributed by atoms with Crippen molar-refractivity contribution in [1.29, 1.82) is 0 Å². The minimum absolute atomic E-state index is 0.106. The molecule has 7 nitrogen and oxygen atoms in total. The summed E-state index contributed by atoms with van der Waals surface area (Å²) in [6, 6.07) is 19.8. The molecule has 196 valence electrons. The van der Waals surface area contributed by atoms with Crippen LogP contribution in [0, 0.1) is 0 Å². The molecular weight excluding hydrogens is 502 g/mol. The Kier molecular flexibility index (Phi) is 8.86. The van der Waals surface area contributed by atoms with Crippen LogP contribution in [-0.4, -0.2) is 35.2 Å². The van der Waals surface area contributed by atoms with E-state index in [1.54, 1.807) is 32.1 Å². The summed E-state index contributed by atoms with van der Waals surface area (Å²) in [7, 11) is 0. The van der Waals surface area contributed by atoms with Gasteiger partial charge in [-0.3, -0.25) is 4.79 Å². The van der Waals surface area contributed by atoms with E-state index in [0.29, 0.717) is 35.2 Å². The Morgan fingerprint density at radius 1 is 0.921 bits per heavy atom. The summed E-state index contributed by atoms with van der Waals surface area (Å²) in [5.41, 5.74) is 1.65. The second-order valence-electron chi connectivity index (χ2n) is 8.33. The van der Waals surface area contributed by atoms with Crippen molar-refractivity contribution in [2.45, 2.75) is 33.8 Å². The molecule has 0 unspecified atom stereocenters. The van der Waals surface area contributed by atoms with Gasteiger partial charge >= 0.3 is 5.97 Å². The number of benzene rings is 3. The molecule has 0 bridgehead atoms. The molecule has 0 saturated heterocycles. The monoisotopic (exact) mass is 531 g/mol. The number of rotatable bonds is 9. The molecule has 4 rings (SSSR count). The number of thioether (sulfide) groups is 1. The van der Waals surface area contributed by atoms with Crippen LogP contribution >= 0.6 is 11.8 Å². The lowest BCUT2D eigenvalue weighted by Gasteiger charge is -2.13. The second-order valence-corrected chi connectivity index (χ2v) is 9.36. The van der Waals surface area contributed by atoms with E-state index < -0.39 is 11.9 Å². The first-order chi connectivity index (χ1) is 18.4. The maximum Gasteiger partial charge on any atom is 0.344 e. The highest BCUT2D eigenvalue weighted by atomic mass is 32.2. The number of hydrogen-bond acceptors (Lipinski definition) is 7. The highest BCUT2D eigenvalue weighted by Crippen LogP contribution is 2.40. The quantitative estimate of drug-likeness (QED) is 0.310. The average molecular weight is 532 g/mol. The van der Waals surface area contributed by atoms with Crippen molar-refractivity contribution < 1.29 is 28.9 Å². The molecule has 0 saturated carbocycles. The largest absolute Gasteiger partial charge is 0.506 e. The van der Waals surface area contributed by atoms with Crippen LogP contribution in [0.3, 0.4) is 0 Å². The van der Waals surface area contributed by atoms with Gasteiger partial charge in [-0.1, -0.05) is 61.2 Å². The zero-order valence-corrected chi connectivity index (χ0v) is 22.3. The Morgan fingerprint density at radius 3 is 2.45 bits per heavy atom. The van der Waals surface area contributed by atoms with Crippen LogP contribution in [0.25, 0.3) is 16.8 Å². The van der Waals surface area contributed by atoms with Crippen molar-refractivity contribution in [3.8, 4) is 11.5 Å². The third kappa shape index (κ3) is 6.26. The fourth-order valence-corrected chi connectivity index (χ4v) is 4.86. The number of amides is 1. The van der Waals surface area contributed by atoms with Crippen LogP contribution in [-0.2, 0) is 20.9 Å². The number of nitrogens with zero attached hydrogens (tertiary/aromatic N) is 1. The van der Waals surface area contributed by atoms with Crippen LogP contribution < -0.4 is 9.47 Å². The lowest BCUT2D eigenvalue weighted by molar-refractivity contribution is -0.138. The van der Waals surface area contributed by atoms with Gasteiger partial charge in [-0.25, -0.2) is 9.79 Å². The van der Waals surface area contributed by atoms with Crippen LogP contribution in [0.15, 0.2) is 81.9 Å². The number of carbonyl (C=O) groups excluding carboxylic acids is 2. The van der Waals surface area contributed by atoms with Crippen molar-refractivity contribution in [3.05, 3.63) is 88.0 Å². The highest BCUT2D eigenvalue weighted by Gasteiger charge is 2.33. The molecule has 38 heavy (non-hydrogen) atoms. The summed E-state index contributed by atoms with van der Waals surface area (Å²) in [5.74, 6) is -0.254. The van der Waals surface area contributed by atoms with Gasteiger partial charge in [0, 0.05) is 6.42 Å². The van der Waals surface area contributed by atoms with E-state index in [1.165, 1.54) is 5.39 Å². The van der Waals surface area contributed by atoms with Gasteiger partial charge in [-0.2, -0.15) is 0 Å². The molecule has 3 aromatic rings. The van der Waals surface area contributed by atoms with E-state index in [2.05, 4.69) is 29.3 Å². The third-order valence-corrected chi connectivity index (χ3v) is 6.69. The molecule has 0 radical (unpaired) electrons. The van der Waals surface area contributed by atoms with E-state index in [0.717, 1.165) is 22.7 Å². The van der Waals surface area contributed by atoms with Gasteiger partial charge in [0.25, 0.3) is 0 Å². The van der Waals surface area contributed by atoms with Crippen LogP contribution in [0.5, 0.6) is 11.5 Å². The van der Waals surface area contributed by atoms with Gasteiger partial charge in [0.1, 0.15) is 23.0 Å². The molecule has 0 fully saturated rings. The van der Waals surface area contributed by atoms with Crippen molar-refractivity contribution in [3.63, 3.8) is 0 Å². The lowest BCUT2D eigenvalue weighted by atomic mass is 10.1. The van der Waals surface area contributed by atoms with Crippen molar-refractivity contribution in [2.75, 3.05) is 13.2 Å². The molecule has 0 aromatic heterocycles. The van der Waals surface area contributed by atoms with E-state index >= 15 is 0 Å². The highest BCUT2D eigenvalue weighted by molar-refractivity contribution is 8.18. The molecule has 1 aliphatic rings. The van der Waals surface area contributed by atoms with Crippen molar-refractivity contribution in [2.24, 2.45) is 4.99 Å². The molecule has 1 aliphatic heterocycles. The number of aliphatic hydroxyl groups excluding tert-OH is 1. The Labute approximate surface area is 225 Å². The molecule has 0 spiro atoms. The fourth-order valence-electron chi connectivity index (χ4n) is 3.83. The molecule has 1 N–H and O–H groups in total. The minimum Gasteiger partial charge on any atom is -0.506 e. The fraction of sp³-hybridized carbons (Fsp3) is 0.233. The van der Waals surface area contributed by atoms with Gasteiger partial charge in [-0.15, -0.1) is 0 Å². The lowest BCUT2D eigenvalue weighted by Crippen LogP contribution is -2.14. The average Bonchev–Trinajstić information content (AvgIpc) is 3.22. The van der Waals surface area contributed by atoms with Crippen molar-refractivity contribution >= 4 is 45.5 Å². The number of aliphatic imine (C=N–C) groups is 1. The number of aliphatic hydroxyl groups is 1. The second kappa shape index (κ2) is 12.5.